The van der Waals surface area contributed by atoms with E-state index in [0.29, 0.717) is 17.8 Å². The van der Waals surface area contributed by atoms with Crippen LogP contribution in [0.5, 0.6) is 0 Å². The van der Waals surface area contributed by atoms with Crippen molar-refractivity contribution in [3.8, 4) is 0 Å². The number of unbranched alkanes of at least 4 members (excludes halogenated alkanes) is 5. The van der Waals surface area contributed by atoms with Crippen molar-refractivity contribution in [2.75, 3.05) is 11.2 Å². The average molecular weight is 264 g/mol. The SMILES string of the molecule is CCCCCCCCC(=O)NNc1ccncc1N. The zero-order valence-corrected chi connectivity index (χ0v) is 11.6. The molecule has 0 bridgehead atoms. The molecule has 19 heavy (non-hydrogen) atoms. The van der Waals surface area contributed by atoms with Gasteiger partial charge in [0.25, 0.3) is 0 Å². The Bertz CT molecular complexity index is 381. The number of hydrazine groups is 1. The number of hydrogen-bond donors (Lipinski definition) is 3. The molecule has 0 fully saturated rings. The third-order valence-corrected chi connectivity index (χ3v) is 2.95. The second kappa shape index (κ2) is 9.19. The van der Waals surface area contributed by atoms with Gasteiger partial charge in [-0.3, -0.25) is 20.6 Å². The van der Waals surface area contributed by atoms with E-state index in [2.05, 4.69) is 22.8 Å². The highest BCUT2D eigenvalue weighted by Gasteiger charge is 2.02. The highest BCUT2D eigenvalue weighted by atomic mass is 16.2. The van der Waals surface area contributed by atoms with Crippen LogP contribution in [0.15, 0.2) is 18.5 Å². The molecular formula is C14H24N4O. The third kappa shape index (κ3) is 6.64. The molecule has 0 aliphatic heterocycles. The molecule has 106 valence electrons. The van der Waals surface area contributed by atoms with Crippen molar-refractivity contribution in [1.82, 2.24) is 10.4 Å². The molecular weight excluding hydrogens is 240 g/mol. The number of nitrogens with one attached hydrogen (secondary N) is 2. The fraction of sp³-hybridized carbons (Fsp3) is 0.571. The molecule has 1 aromatic rings. The molecule has 0 unspecified atom stereocenters. The van der Waals surface area contributed by atoms with Crippen molar-refractivity contribution in [3.63, 3.8) is 0 Å². The van der Waals surface area contributed by atoms with Crippen LogP contribution in [-0.2, 0) is 4.79 Å². The van der Waals surface area contributed by atoms with Gasteiger partial charge in [0, 0.05) is 12.6 Å². The van der Waals surface area contributed by atoms with Crippen LogP contribution in [0.25, 0.3) is 0 Å². The van der Waals surface area contributed by atoms with E-state index in [4.69, 9.17) is 5.73 Å². The molecule has 0 saturated heterocycles. The summed E-state index contributed by atoms with van der Waals surface area (Å²) in [6.45, 7) is 2.20. The van der Waals surface area contributed by atoms with Gasteiger partial charge in [-0.1, -0.05) is 39.0 Å². The number of amides is 1. The first-order valence-electron chi connectivity index (χ1n) is 6.98. The van der Waals surface area contributed by atoms with Gasteiger partial charge in [-0.15, -0.1) is 0 Å². The molecule has 0 atom stereocenters. The molecule has 0 aliphatic rings. The number of anilines is 2. The smallest absolute Gasteiger partial charge is 0.238 e. The number of hydrogen-bond acceptors (Lipinski definition) is 4. The van der Waals surface area contributed by atoms with Crippen LogP contribution in [-0.4, -0.2) is 10.9 Å². The second-order valence-corrected chi connectivity index (χ2v) is 4.65. The Balaban J connectivity index is 2.10. The number of nitrogen functional groups attached to an aromatic ring is 1. The molecule has 0 radical (unpaired) electrons. The maximum atomic E-state index is 11.6. The monoisotopic (exact) mass is 264 g/mol. The molecule has 1 rings (SSSR count). The lowest BCUT2D eigenvalue weighted by Crippen LogP contribution is -2.29. The number of rotatable bonds is 9. The highest BCUT2D eigenvalue weighted by Crippen LogP contribution is 2.13. The predicted octanol–water partition coefficient (Wildman–Crippen LogP) is 2.86. The number of carbonyl (C=O) groups is 1. The molecule has 0 spiro atoms. The summed E-state index contributed by atoms with van der Waals surface area (Å²) in [4.78, 5) is 15.5. The number of nitrogens with zero attached hydrogens (tertiary/aromatic N) is 1. The van der Waals surface area contributed by atoms with Crippen LogP contribution in [0.3, 0.4) is 0 Å². The van der Waals surface area contributed by atoms with E-state index in [1.54, 1.807) is 18.5 Å². The lowest BCUT2D eigenvalue weighted by molar-refractivity contribution is -0.120. The van der Waals surface area contributed by atoms with Gasteiger partial charge >= 0.3 is 0 Å². The topological polar surface area (TPSA) is 80.0 Å². The third-order valence-electron chi connectivity index (χ3n) is 2.95. The van der Waals surface area contributed by atoms with Crippen LogP contribution in [0, 0.1) is 0 Å². The van der Waals surface area contributed by atoms with Crippen molar-refractivity contribution in [2.24, 2.45) is 0 Å². The van der Waals surface area contributed by atoms with Crippen molar-refractivity contribution in [1.29, 1.82) is 0 Å². The summed E-state index contributed by atoms with van der Waals surface area (Å²) in [5.74, 6) is -0.00768. The standard InChI is InChI=1S/C14H24N4O/c1-2-3-4-5-6-7-8-14(19)18-17-13-9-10-16-11-12(13)15/h9-11H,2-8,15H2,1H3,(H,16,17)(H,18,19). The molecule has 0 saturated carbocycles. The van der Waals surface area contributed by atoms with E-state index in [-0.39, 0.29) is 5.91 Å². The van der Waals surface area contributed by atoms with Gasteiger partial charge in [-0.25, -0.2) is 0 Å². The first-order chi connectivity index (χ1) is 9.24. The van der Waals surface area contributed by atoms with Crippen molar-refractivity contribution in [2.45, 2.75) is 51.9 Å². The summed E-state index contributed by atoms with van der Waals surface area (Å²) in [5.41, 5.74) is 12.3. The van der Waals surface area contributed by atoms with Crippen LogP contribution >= 0.6 is 0 Å². The normalized spacial score (nSPS) is 10.2. The van der Waals surface area contributed by atoms with Crippen LogP contribution in [0.4, 0.5) is 11.4 Å². The molecule has 0 aromatic carbocycles. The maximum Gasteiger partial charge on any atom is 0.238 e. The predicted molar refractivity (Wildman–Crippen MR) is 78.4 cm³/mol. The fourth-order valence-electron chi connectivity index (χ4n) is 1.79. The number of pyridine rings is 1. The summed E-state index contributed by atoms with van der Waals surface area (Å²) >= 11 is 0. The highest BCUT2D eigenvalue weighted by molar-refractivity contribution is 5.78. The van der Waals surface area contributed by atoms with E-state index in [1.807, 2.05) is 0 Å². The first kappa shape index (κ1) is 15.3. The lowest BCUT2D eigenvalue weighted by Gasteiger charge is -2.09. The zero-order chi connectivity index (χ0) is 13.9. The van der Waals surface area contributed by atoms with Crippen LogP contribution < -0.4 is 16.6 Å². The molecule has 1 heterocycles. The molecule has 0 aliphatic carbocycles. The molecule has 1 aromatic heterocycles. The summed E-state index contributed by atoms with van der Waals surface area (Å²) < 4.78 is 0. The minimum Gasteiger partial charge on any atom is -0.396 e. The van der Waals surface area contributed by atoms with Crippen molar-refractivity contribution in [3.05, 3.63) is 18.5 Å². The van der Waals surface area contributed by atoms with Gasteiger partial charge in [-0.05, 0) is 12.5 Å². The zero-order valence-electron chi connectivity index (χ0n) is 11.6. The Hall–Kier alpha value is -1.78. The Morgan fingerprint density at radius 1 is 1.26 bits per heavy atom. The molecule has 5 heteroatoms. The quantitative estimate of drug-likeness (QED) is 0.473. The van der Waals surface area contributed by atoms with Gasteiger partial charge in [0.2, 0.25) is 5.91 Å². The minimum atomic E-state index is -0.00768. The maximum absolute atomic E-state index is 11.6. The van der Waals surface area contributed by atoms with Gasteiger partial charge in [-0.2, -0.15) is 0 Å². The minimum absolute atomic E-state index is 0.00768. The Labute approximate surface area is 115 Å². The summed E-state index contributed by atoms with van der Waals surface area (Å²) in [7, 11) is 0. The Morgan fingerprint density at radius 2 is 2.00 bits per heavy atom. The fourth-order valence-corrected chi connectivity index (χ4v) is 1.79. The molecule has 5 nitrogen and oxygen atoms in total. The first-order valence-corrected chi connectivity index (χ1v) is 6.98. The van der Waals surface area contributed by atoms with E-state index in [9.17, 15) is 4.79 Å². The van der Waals surface area contributed by atoms with Gasteiger partial charge in [0.05, 0.1) is 17.6 Å². The Morgan fingerprint density at radius 3 is 2.74 bits per heavy atom. The molecule has 1 amide bonds. The number of aromatic nitrogens is 1. The van der Waals surface area contributed by atoms with Crippen LogP contribution in [0.2, 0.25) is 0 Å². The summed E-state index contributed by atoms with van der Waals surface area (Å²) in [6, 6.07) is 1.72. The van der Waals surface area contributed by atoms with Crippen molar-refractivity contribution >= 4 is 17.3 Å². The summed E-state index contributed by atoms with van der Waals surface area (Å²) in [5, 5.41) is 0. The average Bonchev–Trinajstić information content (AvgIpc) is 2.42. The molecule has 4 N–H and O–H groups in total. The second-order valence-electron chi connectivity index (χ2n) is 4.65. The Kier molecular flexibility index (Phi) is 7.39. The van der Waals surface area contributed by atoms with Gasteiger partial charge in [0.1, 0.15) is 0 Å². The lowest BCUT2D eigenvalue weighted by atomic mass is 10.1. The van der Waals surface area contributed by atoms with Gasteiger partial charge in [0.15, 0.2) is 0 Å². The van der Waals surface area contributed by atoms with Crippen LogP contribution in [0.1, 0.15) is 51.9 Å². The van der Waals surface area contributed by atoms with E-state index in [1.165, 1.54) is 25.7 Å². The van der Waals surface area contributed by atoms with Crippen molar-refractivity contribution < 1.29 is 4.79 Å². The van der Waals surface area contributed by atoms with E-state index < -0.39 is 0 Å². The summed E-state index contributed by atoms with van der Waals surface area (Å²) in [6.07, 6.45) is 10.8. The number of nitrogens with two attached hydrogens (primary N) is 1. The largest absolute Gasteiger partial charge is 0.396 e. The van der Waals surface area contributed by atoms with E-state index in [0.717, 1.165) is 12.8 Å². The van der Waals surface area contributed by atoms with E-state index >= 15 is 0 Å². The van der Waals surface area contributed by atoms with Gasteiger partial charge < -0.3 is 5.73 Å². The number of carbonyl (C=O) groups excluding carboxylic acids is 1.